The van der Waals surface area contributed by atoms with Crippen LogP contribution in [0.3, 0.4) is 0 Å². The van der Waals surface area contributed by atoms with Crippen LogP contribution in [0.2, 0.25) is 0 Å². The second kappa shape index (κ2) is 10.6. The number of pyridine rings is 1. The third-order valence-electron chi connectivity index (χ3n) is 6.23. The number of likely N-dealkylation sites (tertiary alicyclic amines) is 1. The quantitative estimate of drug-likeness (QED) is 0.356. The molecule has 5 nitrogen and oxygen atoms in total. The van der Waals surface area contributed by atoms with Crippen LogP contribution >= 0.6 is 11.8 Å². The van der Waals surface area contributed by atoms with Crippen LogP contribution in [0.25, 0.3) is 5.65 Å². The Morgan fingerprint density at radius 3 is 2.57 bits per heavy atom. The van der Waals surface area contributed by atoms with E-state index in [0.29, 0.717) is 12.1 Å². The minimum atomic E-state index is -0.825. The molecule has 3 heterocycles. The van der Waals surface area contributed by atoms with Crippen molar-refractivity contribution < 1.29 is 13.6 Å². The molecule has 0 saturated carbocycles. The standard InChI is InChI=1S/C27H26F2N4OS/c28-24-9-4-19(15-25(24)29)16-32-13-10-21(11-14-32)31-27(34)20-5-7-23(8-6-20)35-18-22-17-33-12-2-1-3-26(33)30-22/h1-9,12,15,17,21H,10-11,13-14,16,18H2,(H,31,34). The second-order valence-electron chi connectivity index (χ2n) is 8.78. The second-order valence-corrected chi connectivity index (χ2v) is 9.83. The molecule has 0 spiro atoms. The molecule has 4 aromatic rings. The van der Waals surface area contributed by atoms with E-state index in [-0.39, 0.29) is 11.9 Å². The molecule has 0 radical (unpaired) electrons. The van der Waals surface area contributed by atoms with Crippen LogP contribution in [0, 0.1) is 11.6 Å². The molecule has 1 fully saturated rings. The Hall–Kier alpha value is -3.23. The monoisotopic (exact) mass is 492 g/mol. The molecule has 8 heteroatoms. The van der Waals surface area contributed by atoms with Gasteiger partial charge in [-0.15, -0.1) is 11.8 Å². The largest absolute Gasteiger partial charge is 0.349 e. The van der Waals surface area contributed by atoms with Crippen molar-refractivity contribution in [2.24, 2.45) is 0 Å². The number of benzene rings is 2. The van der Waals surface area contributed by atoms with Gasteiger partial charge in [-0.05, 0) is 66.9 Å². The Morgan fingerprint density at radius 2 is 1.83 bits per heavy atom. The number of imidazole rings is 1. The molecule has 0 bridgehead atoms. The predicted octanol–water partition coefficient (Wildman–Crippen LogP) is 5.30. The zero-order valence-electron chi connectivity index (χ0n) is 19.2. The Kier molecular flexibility index (Phi) is 7.11. The molecule has 0 unspecified atom stereocenters. The van der Waals surface area contributed by atoms with E-state index in [4.69, 9.17) is 0 Å². The van der Waals surface area contributed by atoms with Crippen LogP contribution in [0.4, 0.5) is 8.78 Å². The van der Waals surface area contributed by atoms with Crippen LogP contribution < -0.4 is 5.32 Å². The summed E-state index contributed by atoms with van der Waals surface area (Å²) in [6.45, 7) is 2.16. The van der Waals surface area contributed by atoms with Crippen LogP contribution in [0.5, 0.6) is 0 Å². The summed E-state index contributed by atoms with van der Waals surface area (Å²) >= 11 is 1.69. The van der Waals surface area contributed by atoms with E-state index in [9.17, 15) is 13.6 Å². The lowest BCUT2D eigenvalue weighted by molar-refractivity contribution is 0.0909. The Balaban J connectivity index is 1.08. The zero-order valence-corrected chi connectivity index (χ0v) is 20.0. The Labute approximate surface area is 207 Å². The van der Waals surface area contributed by atoms with Crippen molar-refractivity contribution in [1.29, 1.82) is 0 Å². The molecule has 2 aromatic carbocycles. The average Bonchev–Trinajstić information content (AvgIpc) is 3.30. The summed E-state index contributed by atoms with van der Waals surface area (Å²) in [6, 6.07) is 17.7. The number of rotatable bonds is 7. The molecule has 1 aliphatic heterocycles. The number of amides is 1. The number of piperidine rings is 1. The van der Waals surface area contributed by atoms with E-state index < -0.39 is 11.6 Å². The normalized spacial score (nSPS) is 14.9. The SMILES string of the molecule is O=C(NC1CCN(Cc2ccc(F)c(F)c2)CC1)c1ccc(SCc2cn3ccccc3n2)cc1. The van der Waals surface area contributed by atoms with E-state index in [1.54, 1.807) is 17.8 Å². The van der Waals surface area contributed by atoms with Crippen LogP contribution in [0.15, 0.2) is 78.0 Å². The van der Waals surface area contributed by atoms with Crippen LogP contribution in [-0.2, 0) is 12.3 Å². The van der Waals surface area contributed by atoms with Gasteiger partial charge in [0.15, 0.2) is 11.6 Å². The van der Waals surface area contributed by atoms with Crippen molar-refractivity contribution in [3.05, 3.63) is 102 Å². The lowest BCUT2D eigenvalue weighted by atomic mass is 10.0. The summed E-state index contributed by atoms with van der Waals surface area (Å²) in [4.78, 5) is 20.6. The molecule has 1 saturated heterocycles. The van der Waals surface area contributed by atoms with Crippen molar-refractivity contribution in [2.75, 3.05) is 13.1 Å². The Bertz CT molecular complexity index is 1280. The van der Waals surface area contributed by atoms with Crippen LogP contribution in [-0.4, -0.2) is 39.3 Å². The molecule has 2 aromatic heterocycles. The fourth-order valence-electron chi connectivity index (χ4n) is 4.32. The van der Waals surface area contributed by atoms with Crippen molar-refractivity contribution in [2.45, 2.75) is 36.1 Å². The highest BCUT2D eigenvalue weighted by Gasteiger charge is 2.21. The molecule has 1 amide bonds. The van der Waals surface area contributed by atoms with Crippen molar-refractivity contribution in [3.63, 3.8) is 0 Å². The summed E-state index contributed by atoms with van der Waals surface area (Å²) < 4.78 is 28.6. The lowest BCUT2D eigenvalue weighted by Crippen LogP contribution is -2.44. The molecule has 0 aliphatic carbocycles. The smallest absolute Gasteiger partial charge is 0.251 e. The third kappa shape index (κ3) is 5.89. The van der Waals surface area contributed by atoms with Gasteiger partial charge in [0.25, 0.3) is 5.91 Å². The molecule has 35 heavy (non-hydrogen) atoms. The van der Waals surface area contributed by atoms with E-state index in [0.717, 1.165) is 53.5 Å². The van der Waals surface area contributed by atoms with E-state index >= 15 is 0 Å². The van der Waals surface area contributed by atoms with Gasteiger partial charge in [0.2, 0.25) is 0 Å². The first-order valence-electron chi connectivity index (χ1n) is 11.7. The molecular formula is C27H26F2N4OS. The van der Waals surface area contributed by atoms with Crippen molar-refractivity contribution in [1.82, 2.24) is 19.6 Å². The number of aromatic nitrogens is 2. The highest BCUT2D eigenvalue weighted by molar-refractivity contribution is 7.98. The topological polar surface area (TPSA) is 49.6 Å². The number of hydrogen-bond donors (Lipinski definition) is 1. The van der Waals surface area contributed by atoms with Crippen LogP contribution in [0.1, 0.15) is 34.5 Å². The first-order chi connectivity index (χ1) is 17.0. The number of carbonyl (C=O) groups is 1. The van der Waals surface area contributed by atoms with E-state index in [1.165, 1.54) is 12.1 Å². The number of nitrogens with zero attached hydrogens (tertiary/aromatic N) is 3. The number of hydrogen-bond acceptors (Lipinski definition) is 4. The molecular weight excluding hydrogens is 466 g/mol. The van der Waals surface area contributed by atoms with Gasteiger partial charge in [0.05, 0.1) is 5.69 Å². The summed E-state index contributed by atoms with van der Waals surface area (Å²) in [5, 5.41) is 3.13. The summed E-state index contributed by atoms with van der Waals surface area (Å²) in [5.74, 6) is -0.949. The minimum Gasteiger partial charge on any atom is -0.349 e. The van der Waals surface area contributed by atoms with Gasteiger partial charge >= 0.3 is 0 Å². The fraction of sp³-hybridized carbons (Fsp3) is 0.259. The highest BCUT2D eigenvalue weighted by Crippen LogP contribution is 2.23. The maximum absolute atomic E-state index is 13.4. The summed E-state index contributed by atoms with van der Waals surface area (Å²) in [7, 11) is 0. The summed E-state index contributed by atoms with van der Waals surface area (Å²) in [6.07, 6.45) is 5.67. The third-order valence-corrected chi connectivity index (χ3v) is 7.28. The number of fused-ring (bicyclic) bond motifs is 1. The number of halogens is 2. The van der Waals surface area contributed by atoms with E-state index in [1.807, 2.05) is 59.3 Å². The maximum atomic E-state index is 13.4. The molecule has 5 rings (SSSR count). The summed E-state index contributed by atoms with van der Waals surface area (Å²) in [5.41, 5.74) is 3.35. The van der Waals surface area contributed by atoms with Crippen molar-refractivity contribution in [3.8, 4) is 0 Å². The van der Waals surface area contributed by atoms with Gasteiger partial charge in [0, 0.05) is 54.3 Å². The molecule has 0 atom stereocenters. The van der Waals surface area contributed by atoms with Gasteiger partial charge in [-0.3, -0.25) is 9.69 Å². The lowest BCUT2D eigenvalue weighted by Gasteiger charge is -2.32. The van der Waals surface area contributed by atoms with Gasteiger partial charge in [0.1, 0.15) is 5.65 Å². The van der Waals surface area contributed by atoms with Gasteiger partial charge < -0.3 is 9.72 Å². The molecule has 180 valence electrons. The highest BCUT2D eigenvalue weighted by atomic mass is 32.2. The van der Waals surface area contributed by atoms with E-state index in [2.05, 4.69) is 15.2 Å². The fourth-order valence-corrected chi connectivity index (χ4v) is 5.10. The van der Waals surface area contributed by atoms with Gasteiger partial charge in [-0.2, -0.15) is 0 Å². The van der Waals surface area contributed by atoms with Gasteiger partial charge in [-0.25, -0.2) is 13.8 Å². The first kappa shape index (κ1) is 23.5. The minimum absolute atomic E-state index is 0.0686. The first-order valence-corrected chi connectivity index (χ1v) is 12.6. The Morgan fingerprint density at radius 1 is 1.03 bits per heavy atom. The maximum Gasteiger partial charge on any atom is 0.251 e. The number of thioether (sulfide) groups is 1. The average molecular weight is 493 g/mol. The predicted molar refractivity (Wildman–Crippen MR) is 133 cm³/mol. The zero-order chi connectivity index (χ0) is 24.2. The van der Waals surface area contributed by atoms with Crippen molar-refractivity contribution >= 4 is 23.3 Å². The number of nitrogens with one attached hydrogen (secondary N) is 1. The number of carbonyl (C=O) groups excluding carboxylic acids is 1. The molecule has 1 N–H and O–H groups in total. The molecule has 1 aliphatic rings. The van der Waals surface area contributed by atoms with Gasteiger partial charge in [-0.1, -0.05) is 12.1 Å².